The van der Waals surface area contributed by atoms with E-state index in [2.05, 4.69) is 0 Å². The van der Waals surface area contributed by atoms with Gasteiger partial charge < -0.3 is 9.84 Å². The van der Waals surface area contributed by atoms with Gasteiger partial charge in [0.15, 0.2) is 0 Å². The van der Waals surface area contributed by atoms with Crippen LogP contribution in [0.1, 0.15) is 34.3 Å². The van der Waals surface area contributed by atoms with E-state index in [1.54, 1.807) is 35.8 Å². The Morgan fingerprint density at radius 2 is 1.84 bits per heavy atom. The Morgan fingerprint density at radius 3 is 2.29 bits per heavy atom. The molecule has 0 fully saturated rings. The molecule has 5 nitrogen and oxygen atoms in total. The Kier molecular flexibility index (Phi) is 6.37. The van der Waals surface area contributed by atoms with Gasteiger partial charge in [-0.2, -0.15) is 0 Å². The van der Waals surface area contributed by atoms with Crippen LogP contribution in [0, 0.1) is 6.92 Å². The standard InChI is InChI=1S/C22H25Cl2NO4SSi/c1-7-22(21(27)28,31(4,5)6)18-12(2)25(20(26)15-10-11-16(23)30-15)13-8-9-14(29-3)19(24)17(13)18/h8-11H,7H2,1-6H3,(H,27,28). The second-order valence-corrected chi connectivity index (χ2v) is 15.9. The minimum atomic E-state index is -2.38. The van der Waals surface area contributed by atoms with Crippen LogP contribution in [0.25, 0.3) is 10.9 Å². The van der Waals surface area contributed by atoms with Crippen LogP contribution in [0.5, 0.6) is 5.75 Å². The van der Waals surface area contributed by atoms with Gasteiger partial charge in [0.25, 0.3) is 5.91 Å². The van der Waals surface area contributed by atoms with E-state index in [-0.39, 0.29) is 5.91 Å². The quantitative estimate of drug-likeness (QED) is 0.388. The smallest absolute Gasteiger partial charge is 0.311 e. The minimum Gasteiger partial charge on any atom is -0.495 e. The second-order valence-electron chi connectivity index (χ2n) is 8.49. The molecule has 0 saturated heterocycles. The van der Waals surface area contributed by atoms with Gasteiger partial charge >= 0.3 is 5.97 Å². The molecule has 3 aromatic rings. The van der Waals surface area contributed by atoms with E-state index in [1.807, 2.05) is 26.6 Å². The number of carbonyl (C=O) groups excluding carboxylic acids is 1. The number of carbonyl (C=O) groups is 2. The molecule has 0 amide bonds. The van der Waals surface area contributed by atoms with Crippen LogP contribution < -0.4 is 4.74 Å². The van der Waals surface area contributed by atoms with Gasteiger partial charge in [0, 0.05) is 11.1 Å². The summed E-state index contributed by atoms with van der Waals surface area (Å²) in [6.07, 6.45) is 0.380. The van der Waals surface area contributed by atoms with Gasteiger partial charge in [-0.3, -0.25) is 14.2 Å². The van der Waals surface area contributed by atoms with Gasteiger partial charge in [-0.25, -0.2) is 0 Å². The second kappa shape index (κ2) is 8.28. The Morgan fingerprint density at radius 1 is 1.19 bits per heavy atom. The highest BCUT2D eigenvalue weighted by molar-refractivity contribution is 7.18. The summed E-state index contributed by atoms with van der Waals surface area (Å²) in [5.41, 5.74) is 1.73. The van der Waals surface area contributed by atoms with E-state index < -0.39 is 19.1 Å². The van der Waals surface area contributed by atoms with Crippen LogP contribution in [0.4, 0.5) is 0 Å². The third-order valence-electron chi connectivity index (χ3n) is 6.08. The third kappa shape index (κ3) is 3.52. The molecule has 0 spiro atoms. The summed E-state index contributed by atoms with van der Waals surface area (Å²) in [6, 6.07) is 6.80. The Bertz CT molecular complexity index is 1190. The number of ether oxygens (including phenoxy) is 1. The number of methoxy groups -OCH3 is 1. The highest BCUT2D eigenvalue weighted by Gasteiger charge is 2.53. The van der Waals surface area contributed by atoms with Crippen molar-refractivity contribution in [1.29, 1.82) is 0 Å². The zero-order valence-electron chi connectivity index (χ0n) is 18.3. The predicted octanol–water partition coefficient (Wildman–Crippen LogP) is 6.62. The van der Waals surface area contributed by atoms with Crippen LogP contribution in [0.2, 0.25) is 29.0 Å². The molecule has 0 saturated carbocycles. The fourth-order valence-corrected chi connectivity index (χ4v) is 8.65. The highest BCUT2D eigenvalue weighted by atomic mass is 35.5. The first kappa shape index (κ1) is 23.9. The molecule has 1 aromatic carbocycles. The van der Waals surface area contributed by atoms with Crippen molar-refractivity contribution in [3.63, 3.8) is 0 Å². The molecule has 0 aliphatic carbocycles. The van der Waals surface area contributed by atoms with E-state index in [0.29, 0.717) is 48.6 Å². The number of aliphatic carboxylic acids is 1. The maximum Gasteiger partial charge on any atom is 0.311 e. The number of nitrogens with zero attached hydrogens (tertiary/aromatic N) is 1. The Hall–Kier alpha value is -1.80. The molecular weight excluding hydrogens is 473 g/mol. The molecule has 0 aliphatic heterocycles. The van der Waals surface area contributed by atoms with Crippen molar-refractivity contribution < 1.29 is 19.4 Å². The number of hydrogen-bond acceptors (Lipinski definition) is 4. The zero-order chi connectivity index (χ0) is 23.3. The largest absolute Gasteiger partial charge is 0.495 e. The minimum absolute atomic E-state index is 0.266. The lowest BCUT2D eigenvalue weighted by Crippen LogP contribution is -2.55. The molecule has 2 heterocycles. The molecule has 9 heteroatoms. The summed E-state index contributed by atoms with van der Waals surface area (Å²) in [6.45, 7) is 9.76. The van der Waals surface area contributed by atoms with Gasteiger partial charge in [-0.1, -0.05) is 49.8 Å². The summed E-state index contributed by atoms with van der Waals surface area (Å²) in [7, 11) is -0.867. The molecule has 0 bridgehead atoms. The topological polar surface area (TPSA) is 68.5 Å². The highest BCUT2D eigenvalue weighted by Crippen LogP contribution is 2.48. The number of thiophene rings is 1. The molecule has 166 valence electrons. The number of benzene rings is 1. The van der Waals surface area contributed by atoms with Gasteiger partial charge in [0.05, 0.1) is 40.0 Å². The summed E-state index contributed by atoms with van der Waals surface area (Å²) >= 11 is 14.0. The first-order valence-corrected chi connectivity index (χ1v) is 14.9. The fourth-order valence-electron chi connectivity index (χ4n) is 4.59. The molecule has 0 radical (unpaired) electrons. The van der Waals surface area contributed by atoms with Crippen molar-refractivity contribution in [2.24, 2.45) is 0 Å². The molecule has 0 aliphatic rings. The number of hydrogen-bond donors (Lipinski definition) is 1. The number of rotatable bonds is 6. The maximum atomic E-state index is 13.5. The first-order chi connectivity index (χ1) is 14.4. The molecule has 3 rings (SSSR count). The maximum absolute atomic E-state index is 13.5. The van der Waals surface area contributed by atoms with Gasteiger partial charge in [0.2, 0.25) is 0 Å². The third-order valence-corrected chi connectivity index (χ3v) is 11.1. The van der Waals surface area contributed by atoms with Crippen LogP contribution in [0.3, 0.4) is 0 Å². The molecule has 1 atom stereocenters. The van der Waals surface area contributed by atoms with Gasteiger partial charge in [0.1, 0.15) is 5.75 Å². The SMILES string of the molecule is CCC(C(=O)O)(c1c(C)n(C(=O)c2ccc(Cl)s2)c2ccc(OC)c(Cl)c12)[Si](C)(C)C. The van der Waals surface area contributed by atoms with E-state index in [4.69, 9.17) is 27.9 Å². The molecule has 2 aromatic heterocycles. The molecule has 1 unspecified atom stereocenters. The summed E-state index contributed by atoms with van der Waals surface area (Å²) in [5, 5.41) is 10.3. The lowest BCUT2D eigenvalue weighted by atomic mass is 9.92. The van der Waals surface area contributed by atoms with Crippen molar-refractivity contribution in [3.05, 3.63) is 49.8 Å². The average Bonchev–Trinajstić information content (AvgIpc) is 3.23. The predicted molar refractivity (Wildman–Crippen MR) is 130 cm³/mol. The van der Waals surface area contributed by atoms with Crippen molar-refractivity contribution in [1.82, 2.24) is 4.57 Å². The summed E-state index contributed by atoms with van der Waals surface area (Å²) in [5.74, 6) is -0.732. The lowest BCUT2D eigenvalue weighted by molar-refractivity contribution is -0.141. The van der Waals surface area contributed by atoms with Gasteiger partial charge in [-0.05, 0) is 43.2 Å². The van der Waals surface area contributed by atoms with Crippen LogP contribution >= 0.6 is 34.5 Å². The first-order valence-electron chi connectivity index (χ1n) is 9.83. The number of aromatic nitrogens is 1. The van der Waals surface area contributed by atoms with Crippen molar-refractivity contribution in [2.45, 2.75) is 44.9 Å². The van der Waals surface area contributed by atoms with Crippen molar-refractivity contribution in [3.8, 4) is 5.75 Å². The number of carboxylic acids is 1. The molecular formula is C22H25Cl2NO4SSi. The van der Waals surface area contributed by atoms with Gasteiger partial charge in [-0.15, -0.1) is 11.3 Å². The fraction of sp³-hybridized carbons (Fsp3) is 0.364. The lowest BCUT2D eigenvalue weighted by Gasteiger charge is -2.40. The van der Waals surface area contributed by atoms with Crippen molar-refractivity contribution >= 4 is 65.4 Å². The van der Waals surface area contributed by atoms with E-state index in [9.17, 15) is 14.7 Å². The van der Waals surface area contributed by atoms with E-state index in [0.717, 1.165) is 0 Å². The average molecular weight is 499 g/mol. The Balaban J connectivity index is 2.54. The zero-order valence-corrected chi connectivity index (χ0v) is 21.6. The molecule has 1 N–H and O–H groups in total. The molecule has 31 heavy (non-hydrogen) atoms. The Labute approximate surface area is 196 Å². The number of carboxylic acid groups (broad SMARTS) is 1. The number of fused-ring (bicyclic) bond motifs is 1. The van der Waals surface area contributed by atoms with E-state index in [1.165, 1.54) is 18.4 Å². The summed E-state index contributed by atoms with van der Waals surface area (Å²) < 4.78 is 7.49. The van der Waals surface area contributed by atoms with Crippen LogP contribution in [-0.4, -0.2) is 36.7 Å². The van der Waals surface area contributed by atoms with E-state index >= 15 is 0 Å². The normalized spacial score (nSPS) is 13.9. The number of halogens is 2. The van der Waals surface area contributed by atoms with Crippen molar-refractivity contribution in [2.75, 3.05) is 7.11 Å². The monoisotopic (exact) mass is 497 g/mol. The van der Waals surface area contributed by atoms with Crippen LogP contribution in [-0.2, 0) is 9.83 Å². The summed E-state index contributed by atoms with van der Waals surface area (Å²) in [4.78, 5) is 26.8. The van der Waals surface area contributed by atoms with Crippen LogP contribution in [0.15, 0.2) is 24.3 Å².